The Bertz CT molecular complexity index is 2190. The third kappa shape index (κ3) is 14.0. The van der Waals surface area contributed by atoms with Gasteiger partial charge in [-0.15, -0.1) is 0 Å². The summed E-state index contributed by atoms with van der Waals surface area (Å²) in [5.74, 6) is -4.97. The lowest BCUT2D eigenvalue weighted by Crippen LogP contribution is -2.60. The molecule has 1 aliphatic heterocycles. The number of H-pyrrole nitrogens is 1. The number of aromatic nitrogens is 1. The van der Waals surface area contributed by atoms with E-state index >= 15 is 0 Å². The summed E-state index contributed by atoms with van der Waals surface area (Å²) in [5, 5.41) is 27.2. The number of primary amides is 1. The Morgan fingerprint density at radius 3 is 1.87 bits per heavy atom. The molecule has 1 fully saturated rings. The van der Waals surface area contributed by atoms with Crippen molar-refractivity contribution in [2.24, 2.45) is 11.5 Å². The number of aromatic amines is 1. The van der Waals surface area contributed by atoms with Crippen LogP contribution in [0.1, 0.15) is 42.9 Å². The predicted molar refractivity (Wildman–Crippen MR) is 238 cm³/mol. The number of hydrogen-bond acceptors (Lipinski definition) is 11. The van der Waals surface area contributed by atoms with Crippen molar-refractivity contribution in [1.29, 1.82) is 0 Å². The molecule has 17 nitrogen and oxygen atoms in total. The minimum Gasteiger partial charge on any atom is -0.508 e. The molecule has 1 saturated heterocycles. The quantitative estimate of drug-likeness (QED) is 0.0703. The molecule has 0 spiro atoms. The first-order chi connectivity index (χ1) is 29.8. The van der Waals surface area contributed by atoms with E-state index in [0.717, 1.165) is 32.5 Å². The monoisotopic (exact) mass is 887 g/mol. The van der Waals surface area contributed by atoms with Gasteiger partial charge in [-0.2, -0.15) is 0 Å². The Morgan fingerprint density at radius 2 is 1.23 bits per heavy atom. The van der Waals surface area contributed by atoms with E-state index in [1.54, 1.807) is 42.6 Å². The molecule has 0 bridgehead atoms. The van der Waals surface area contributed by atoms with Gasteiger partial charge in [0.25, 0.3) is 0 Å². The molecular weight excluding hydrogens is 835 g/mol. The Hall–Kier alpha value is -6.05. The summed E-state index contributed by atoms with van der Waals surface area (Å²) in [6.45, 7) is 1.56. The van der Waals surface area contributed by atoms with Crippen LogP contribution in [0.3, 0.4) is 0 Å². The lowest BCUT2D eigenvalue weighted by Gasteiger charge is -2.28. The molecule has 6 atom stereocenters. The van der Waals surface area contributed by atoms with Crippen LogP contribution in [0.25, 0.3) is 10.9 Å². The number of para-hydroxylation sites is 1. The molecule has 5 rings (SSSR count). The van der Waals surface area contributed by atoms with Crippen molar-refractivity contribution >= 4 is 73.8 Å². The Morgan fingerprint density at radius 1 is 0.677 bits per heavy atom. The van der Waals surface area contributed by atoms with Gasteiger partial charge in [-0.3, -0.25) is 33.6 Å². The molecule has 6 unspecified atom stereocenters. The zero-order chi connectivity index (χ0) is 44.6. The topological polar surface area (TPSA) is 280 Å². The SMILES string of the molecule is CC(=O)NC1CSSCC(C(N)=O)NC(=O)C(Cc2ccc(O)cc2)NC(=O)C(CCCCN)NC(=O)C(Cc2c[nH]c3ccccc23)NC(=O)C(Cc2ccccc2)NC1=O. The van der Waals surface area contributed by atoms with Crippen molar-refractivity contribution in [2.45, 2.75) is 81.7 Å². The van der Waals surface area contributed by atoms with E-state index in [-0.39, 0.29) is 42.9 Å². The first-order valence-electron chi connectivity index (χ1n) is 20.2. The van der Waals surface area contributed by atoms with Gasteiger partial charge >= 0.3 is 0 Å². The van der Waals surface area contributed by atoms with Crippen molar-refractivity contribution in [2.75, 3.05) is 18.1 Å². The largest absolute Gasteiger partial charge is 0.508 e. The maximum Gasteiger partial charge on any atom is 0.244 e. The highest BCUT2D eigenvalue weighted by molar-refractivity contribution is 8.76. The number of rotatable bonds is 12. The van der Waals surface area contributed by atoms with Crippen LogP contribution in [-0.4, -0.2) is 106 Å². The number of phenolic OH excluding ortho intramolecular Hbond substituents is 1. The summed E-state index contributed by atoms with van der Waals surface area (Å²) in [6, 6.07) is 15.1. The number of nitrogens with two attached hydrogens (primary N) is 2. The van der Waals surface area contributed by atoms with Crippen LogP contribution in [0.15, 0.2) is 85.1 Å². The van der Waals surface area contributed by atoms with Crippen LogP contribution in [0.5, 0.6) is 5.75 Å². The number of phenols is 1. The van der Waals surface area contributed by atoms with Gasteiger partial charge in [0.15, 0.2) is 0 Å². The zero-order valence-corrected chi connectivity index (χ0v) is 35.8. The summed E-state index contributed by atoms with van der Waals surface area (Å²) in [6.07, 6.45) is 2.73. The Balaban J connectivity index is 1.55. The van der Waals surface area contributed by atoms with Crippen LogP contribution in [0, 0.1) is 0 Å². The zero-order valence-electron chi connectivity index (χ0n) is 34.2. The summed E-state index contributed by atoms with van der Waals surface area (Å²) in [5.41, 5.74) is 14.3. The summed E-state index contributed by atoms with van der Waals surface area (Å²) >= 11 is 0. The molecule has 12 N–H and O–H groups in total. The highest BCUT2D eigenvalue weighted by Crippen LogP contribution is 2.24. The van der Waals surface area contributed by atoms with E-state index in [1.165, 1.54) is 19.1 Å². The minimum absolute atomic E-state index is 0.00808. The Kier molecular flexibility index (Phi) is 17.6. The van der Waals surface area contributed by atoms with E-state index in [2.05, 4.69) is 36.9 Å². The van der Waals surface area contributed by atoms with Crippen molar-refractivity contribution in [1.82, 2.24) is 36.9 Å². The van der Waals surface area contributed by atoms with E-state index in [0.29, 0.717) is 36.1 Å². The van der Waals surface area contributed by atoms with E-state index in [1.807, 2.05) is 30.3 Å². The molecule has 0 aliphatic carbocycles. The molecule has 330 valence electrons. The van der Waals surface area contributed by atoms with Crippen molar-refractivity contribution in [3.63, 3.8) is 0 Å². The summed E-state index contributed by atoms with van der Waals surface area (Å²) in [7, 11) is 2.24. The fraction of sp³-hybridized carbons (Fsp3) is 0.372. The third-order valence-electron chi connectivity index (χ3n) is 10.1. The number of fused-ring (bicyclic) bond motifs is 1. The van der Waals surface area contributed by atoms with E-state index in [4.69, 9.17) is 11.5 Å². The van der Waals surface area contributed by atoms with Crippen molar-refractivity contribution in [3.8, 4) is 5.75 Å². The van der Waals surface area contributed by atoms with Gasteiger partial charge in [-0.25, -0.2) is 0 Å². The smallest absolute Gasteiger partial charge is 0.244 e. The molecule has 2 heterocycles. The number of unbranched alkanes of at least 4 members (excludes halogenated alkanes) is 1. The number of amides is 7. The molecule has 7 amide bonds. The average Bonchev–Trinajstić information content (AvgIpc) is 3.66. The second-order valence-corrected chi connectivity index (χ2v) is 17.5. The van der Waals surface area contributed by atoms with Gasteiger partial charge in [0, 0.05) is 54.8 Å². The maximum atomic E-state index is 14.5. The highest BCUT2D eigenvalue weighted by Gasteiger charge is 2.34. The van der Waals surface area contributed by atoms with E-state index in [9.17, 15) is 38.7 Å². The maximum absolute atomic E-state index is 14.5. The van der Waals surface area contributed by atoms with E-state index < -0.39 is 77.6 Å². The third-order valence-corrected chi connectivity index (χ3v) is 12.6. The number of nitrogens with one attached hydrogen (secondary N) is 7. The van der Waals surface area contributed by atoms with Crippen molar-refractivity contribution in [3.05, 3.63) is 102 Å². The molecule has 19 heteroatoms. The molecule has 0 saturated carbocycles. The fourth-order valence-corrected chi connectivity index (χ4v) is 9.19. The first kappa shape index (κ1) is 47.0. The van der Waals surface area contributed by atoms with Gasteiger partial charge in [0.2, 0.25) is 41.4 Å². The molecule has 4 aromatic rings. The first-order valence-corrected chi connectivity index (χ1v) is 22.7. The van der Waals surface area contributed by atoms with Gasteiger partial charge in [0.05, 0.1) is 0 Å². The predicted octanol–water partition coefficient (Wildman–Crippen LogP) is 0.839. The van der Waals surface area contributed by atoms with Gasteiger partial charge in [-0.05, 0) is 60.7 Å². The molecule has 1 aliphatic rings. The second kappa shape index (κ2) is 23.2. The van der Waals surface area contributed by atoms with Crippen LogP contribution in [0.4, 0.5) is 0 Å². The summed E-state index contributed by atoms with van der Waals surface area (Å²) < 4.78 is 0. The molecule has 0 radical (unpaired) electrons. The normalized spacial score (nSPS) is 22.3. The Labute approximate surface area is 366 Å². The molecular formula is C43H53N9O8S2. The minimum atomic E-state index is -1.28. The van der Waals surface area contributed by atoms with Gasteiger partial charge < -0.3 is 53.5 Å². The number of carbonyl (C=O) groups is 7. The number of benzene rings is 3. The van der Waals surface area contributed by atoms with Crippen molar-refractivity contribution < 1.29 is 38.7 Å². The number of hydrogen-bond donors (Lipinski definition) is 10. The van der Waals surface area contributed by atoms with Gasteiger partial charge in [-0.1, -0.05) is 82.3 Å². The molecule has 1 aromatic heterocycles. The van der Waals surface area contributed by atoms with Crippen LogP contribution < -0.4 is 43.4 Å². The fourth-order valence-electron chi connectivity index (χ4n) is 6.84. The number of aromatic hydroxyl groups is 1. The molecule has 62 heavy (non-hydrogen) atoms. The molecule has 3 aromatic carbocycles. The number of carbonyl (C=O) groups excluding carboxylic acids is 7. The van der Waals surface area contributed by atoms with Crippen LogP contribution in [0.2, 0.25) is 0 Å². The van der Waals surface area contributed by atoms with Gasteiger partial charge in [0.1, 0.15) is 42.0 Å². The lowest BCUT2D eigenvalue weighted by atomic mass is 10.0. The second-order valence-electron chi connectivity index (χ2n) is 14.9. The van der Waals surface area contributed by atoms with Crippen LogP contribution >= 0.6 is 21.6 Å². The lowest BCUT2D eigenvalue weighted by molar-refractivity contribution is -0.135. The average molecular weight is 888 g/mol. The standard InChI is InChI=1S/C43H53N9O8S2/c1-25(53)47-37-24-62-61-23-36(38(45)55)52-41(58)34(20-27-14-16-29(54)17-15-27)49-39(56)32(13-7-8-18-44)48-42(59)35(21-28-22-46-31-12-6-5-11-30(28)31)51-40(57)33(50-43(37)60)19-26-9-3-2-4-10-26/h2-6,9-12,14-17,22,32-37,46,54H,7-8,13,18-21,23-24,44H2,1H3,(H2,45,55)(H,47,53)(H,48,59)(H,49,56)(H,50,60)(H,51,57)(H,52,58). The summed E-state index contributed by atoms with van der Waals surface area (Å²) in [4.78, 5) is 99.3. The highest BCUT2D eigenvalue weighted by atomic mass is 33.1. The van der Waals surface area contributed by atoms with Crippen LogP contribution in [-0.2, 0) is 52.8 Å².